The highest BCUT2D eigenvalue weighted by molar-refractivity contribution is 7.12. The van der Waals surface area contributed by atoms with Crippen molar-refractivity contribution in [3.8, 4) is 0 Å². The van der Waals surface area contributed by atoms with Gasteiger partial charge in [0.15, 0.2) is 0 Å². The van der Waals surface area contributed by atoms with Gasteiger partial charge in [-0.15, -0.1) is 22.7 Å². The van der Waals surface area contributed by atoms with Crippen LogP contribution in [0.25, 0.3) is 0 Å². The van der Waals surface area contributed by atoms with Gasteiger partial charge in [0.2, 0.25) is 0 Å². The van der Waals surface area contributed by atoms with E-state index in [1.807, 2.05) is 23.0 Å². The van der Waals surface area contributed by atoms with Gasteiger partial charge in [0.25, 0.3) is 0 Å². The molecule has 2 rings (SSSR count). The molecule has 2 nitrogen and oxygen atoms in total. The summed E-state index contributed by atoms with van der Waals surface area (Å²) in [5.41, 5.74) is 1.91. The zero-order valence-corrected chi connectivity index (χ0v) is 11.9. The lowest BCUT2D eigenvalue weighted by molar-refractivity contribution is 0.561. The summed E-state index contributed by atoms with van der Waals surface area (Å²) in [5, 5.41) is 3.54. The molecule has 0 amide bonds. The van der Waals surface area contributed by atoms with Crippen LogP contribution in [-0.4, -0.2) is 11.5 Å². The number of hydrogen-bond donors (Lipinski definition) is 1. The third kappa shape index (κ3) is 3.37. The van der Waals surface area contributed by atoms with Gasteiger partial charge in [-0.1, -0.05) is 13.8 Å². The molecule has 0 aromatic carbocycles. The Morgan fingerprint density at radius 3 is 2.71 bits per heavy atom. The maximum Gasteiger partial charge on any atom is 0.0794 e. The Balaban J connectivity index is 2.07. The highest BCUT2D eigenvalue weighted by Gasteiger charge is 2.13. The Hall–Kier alpha value is -0.710. The predicted octanol–water partition coefficient (Wildman–Crippen LogP) is 3.66. The summed E-state index contributed by atoms with van der Waals surface area (Å²) in [7, 11) is 0. The van der Waals surface area contributed by atoms with Gasteiger partial charge in [-0.05, 0) is 25.1 Å². The van der Waals surface area contributed by atoms with Crippen LogP contribution >= 0.6 is 22.7 Å². The van der Waals surface area contributed by atoms with Gasteiger partial charge in [0.1, 0.15) is 0 Å². The molecule has 2 aromatic heterocycles. The fourth-order valence-electron chi connectivity index (χ4n) is 1.84. The summed E-state index contributed by atoms with van der Waals surface area (Å²) in [6, 6.07) is 4.92. The van der Waals surface area contributed by atoms with Crippen LogP contribution in [-0.2, 0) is 12.8 Å². The Morgan fingerprint density at radius 1 is 1.29 bits per heavy atom. The van der Waals surface area contributed by atoms with Crippen molar-refractivity contribution < 1.29 is 0 Å². The van der Waals surface area contributed by atoms with E-state index in [2.05, 4.69) is 36.3 Å². The zero-order valence-electron chi connectivity index (χ0n) is 10.3. The number of nitrogens with one attached hydrogen (secondary N) is 1. The van der Waals surface area contributed by atoms with Gasteiger partial charge in [-0.3, -0.25) is 4.98 Å². The molecule has 0 fully saturated rings. The smallest absolute Gasteiger partial charge is 0.0794 e. The SMILES string of the molecule is CCNC(Cc1ccc(CC)s1)c1cncs1. The number of thiazole rings is 1. The Labute approximate surface area is 111 Å². The normalized spacial score (nSPS) is 12.8. The van der Waals surface area contributed by atoms with E-state index < -0.39 is 0 Å². The first-order chi connectivity index (χ1) is 8.33. The van der Waals surface area contributed by atoms with Crippen molar-refractivity contribution in [1.29, 1.82) is 0 Å². The number of aromatic nitrogens is 1. The lowest BCUT2D eigenvalue weighted by Gasteiger charge is -2.14. The summed E-state index contributed by atoms with van der Waals surface area (Å²) < 4.78 is 0. The Bertz CT molecular complexity index is 434. The van der Waals surface area contributed by atoms with Gasteiger partial charge in [0.05, 0.1) is 5.51 Å². The molecular formula is C13H18N2S2. The van der Waals surface area contributed by atoms with Crippen LogP contribution in [0.4, 0.5) is 0 Å². The maximum absolute atomic E-state index is 4.17. The lowest BCUT2D eigenvalue weighted by atomic mass is 10.1. The minimum absolute atomic E-state index is 0.413. The second kappa shape index (κ2) is 6.28. The van der Waals surface area contributed by atoms with E-state index in [-0.39, 0.29) is 0 Å². The monoisotopic (exact) mass is 266 g/mol. The van der Waals surface area contributed by atoms with Crippen LogP contribution in [0.3, 0.4) is 0 Å². The molecule has 0 saturated carbocycles. The molecule has 0 aliphatic rings. The number of aryl methyl sites for hydroxylation is 1. The second-order valence-corrected chi connectivity index (χ2v) is 6.11. The van der Waals surface area contributed by atoms with Crippen LogP contribution in [0.2, 0.25) is 0 Å². The maximum atomic E-state index is 4.17. The van der Waals surface area contributed by atoms with E-state index in [1.54, 1.807) is 11.3 Å². The number of thiophene rings is 1. The summed E-state index contributed by atoms with van der Waals surface area (Å²) in [6.07, 6.45) is 4.18. The minimum Gasteiger partial charge on any atom is -0.309 e. The van der Waals surface area contributed by atoms with Gasteiger partial charge in [0, 0.05) is 33.3 Å². The van der Waals surface area contributed by atoms with Gasteiger partial charge < -0.3 is 5.32 Å². The first kappa shape index (κ1) is 12.7. The zero-order chi connectivity index (χ0) is 12.1. The molecule has 0 aliphatic heterocycles. The van der Waals surface area contributed by atoms with Crippen molar-refractivity contribution in [3.05, 3.63) is 38.5 Å². The van der Waals surface area contributed by atoms with Crippen molar-refractivity contribution in [2.45, 2.75) is 32.7 Å². The largest absolute Gasteiger partial charge is 0.309 e. The van der Waals surface area contributed by atoms with Crippen LogP contribution in [0.15, 0.2) is 23.8 Å². The van der Waals surface area contributed by atoms with Crippen molar-refractivity contribution in [3.63, 3.8) is 0 Å². The number of hydrogen-bond acceptors (Lipinski definition) is 4. The van der Waals surface area contributed by atoms with Gasteiger partial charge in [-0.25, -0.2) is 0 Å². The molecule has 0 radical (unpaired) electrons. The van der Waals surface area contributed by atoms with Gasteiger partial charge >= 0.3 is 0 Å². The van der Waals surface area contributed by atoms with Crippen LogP contribution in [0.5, 0.6) is 0 Å². The molecule has 17 heavy (non-hydrogen) atoms. The molecule has 1 unspecified atom stereocenters. The van der Waals surface area contributed by atoms with E-state index in [1.165, 1.54) is 14.6 Å². The fraction of sp³-hybridized carbons (Fsp3) is 0.462. The summed E-state index contributed by atoms with van der Waals surface area (Å²) >= 11 is 3.66. The van der Waals surface area contributed by atoms with E-state index in [0.29, 0.717) is 6.04 Å². The van der Waals surface area contributed by atoms with E-state index in [0.717, 1.165) is 19.4 Å². The summed E-state index contributed by atoms with van der Waals surface area (Å²) in [6.45, 7) is 5.36. The Kier molecular flexibility index (Phi) is 4.71. The molecule has 1 N–H and O–H groups in total. The van der Waals surface area contributed by atoms with Crippen LogP contribution < -0.4 is 5.32 Å². The summed E-state index contributed by atoms with van der Waals surface area (Å²) in [5.74, 6) is 0. The highest BCUT2D eigenvalue weighted by Crippen LogP contribution is 2.25. The molecule has 2 heterocycles. The average Bonchev–Trinajstić information content (AvgIpc) is 2.99. The van der Waals surface area contributed by atoms with Crippen LogP contribution in [0.1, 0.15) is 34.5 Å². The van der Waals surface area contributed by atoms with E-state index >= 15 is 0 Å². The molecule has 4 heteroatoms. The third-order valence-corrected chi connectivity index (χ3v) is 4.86. The average molecular weight is 266 g/mol. The molecule has 0 aliphatic carbocycles. The molecule has 92 valence electrons. The third-order valence-electron chi connectivity index (χ3n) is 2.72. The van der Waals surface area contributed by atoms with Crippen molar-refractivity contribution in [2.24, 2.45) is 0 Å². The molecule has 0 spiro atoms. The van der Waals surface area contributed by atoms with Crippen molar-refractivity contribution in [2.75, 3.05) is 6.54 Å². The minimum atomic E-state index is 0.413. The summed E-state index contributed by atoms with van der Waals surface area (Å²) in [4.78, 5) is 8.43. The number of likely N-dealkylation sites (N-methyl/N-ethyl adjacent to an activating group) is 1. The molecule has 0 bridgehead atoms. The molecule has 1 atom stereocenters. The topological polar surface area (TPSA) is 24.9 Å². The van der Waals surface area contributed by atoms with E-state index in [4.69, 9.17) is 0 Å². The van der Waals surface area contributed by atoms with Crippen molar-refractivity contribution in [1.82, 2.24) is 10.3 Å². The fourth-order valence-corrected chi connectivity index (χ4v) is 3.54. The quantitative estimate of drug-likeness (QED) is 0.863. The van der Waals surface area contributed by atoms with Gasteiger partial charge in [-0.2, -0.15) is 0 Å². The van der Waals surface area contributed by atoms with Crippen LogP contribution in [0, 0.1) is 0 Å². The standard InChI is InChI=1S/C13H18N2S2/c1-3-10-5-6-11(17-10)7-12(15-4-2)13-8-14-9-16-13/h5-6,8-9,12,15H,3-4,7H2,1-2H3. The first-order valence-electron chi connectivity index (χ1n) is 6.02. The predicted molar refractivity (Wildman–Crippen MR) is 75.9 cm³/mol. The van der Waals surface area contributed by atoms with Crippen molar-refractivity contribution >= 4 is 22.7 Å². The molecule has 2 aromatic rings. The Morgan fingerprint density at radius 2 is 2.12 bits per heavy atom. The first-order valence-corrected chi connectivity index (χ1v) is 7.72. The van der Waals surface area contributed by atoms with E-state index in [9.17, 15) is 0 Å². The number of nitrogens with zero attached hydrogens (tertiary/aromatic N) is 1. The second-order valence-electron chi connectivity index (χ2n) is 3.94. The molecular weight excluding hydrogens is 248 g/mol. The molecule has 0 saturated heterocycles. The number of rotatable bonds is 6. The lowest BCUT2D eigenvalue weighted by Crippen LogP contribution is -2.21. The highest BCUT2D eigenvalue weighted by atomic mass is 32.1.